The van der Waals surface area contributed by atoms with Crippen molar-refractivity contribution in [1.82, 2.24) is 4.90 Å². The second-order valence-electron chi connectivity index (χ2n) is 13.5. The fourth-order valence-electron chi connectivity index (χ4n) is 6.85. The van der Waals surface area contributed by atoms with Crippen LogP contribution in [0.5, 0.6) is 11.5 Å². The van der Waals surface area contributed by atoms with Gasteiger partial charge in [-0.2, -0.15) is 0 Å². The van der Waals surface area contributed by atoms with Gasteiger partial charge in [0.1, 0.15) is 0 Å². The summed E-state index contributed by atoms with van der Waals surface area (Å²) < 4.78 is 12.3. The Kier molecular flexibility index (Phi) is 8.38. The third kappa shape index (κ3) is 6.03. The van der Waals surface area contributed by atoms with Gasteiger partial charge in [-0.3, -0.25) is 14.4 Å². The molecule has 0 aromatic heterocycles. The summed E-state index contributed by atoms with van der Waals surface area (Å²) in [4.78, 5) is 42.8. The van der Waals surface area contributed by atoms with Crippen LogP contribution in [0.4, 0.5) is 5.69 Å². The Hall–Kier alpha value is -3.39. The number of halogens is 1. The van der Waals surface area contributed by atoms with Gasteiger partial charge in [-0.15, -0.1) is 0 Å². The van der Waals surface area contributed by atoms with Gasteiger partial charge in [0, 0.05) is 53.5 Å². The Bertz CT molecular complexity index is 1510. The predicted molar refractivity (Wildman–Crippen MR) is 171 cm³/mol. The first kappa shape index (κ1) is 31.0. The largest absolute Gasteiger partial charge is 0.493 e. The van der Waals surface area contributed by atoms with E-state index in [-0.39, 0.29) is 34.9 Å². The number of Topliss-reactive ketones (excluding diaryl/α,β-unsaturated/α-hetero) is 2. The van der Waals surface area contributed by atoms with Crippen molar-refractivity contribution in [2.24, 2.45) is 10.8 Å². The number of rotatable bonds is 7. The number of nitrogens with one attached hydrogen (secondary N) is 1. The van der Waals surface area contributed by atoms with Gasteiger partial charge in [0.25, 0.3) is 5.91 Å². The molecule has 0 unspecified atom stereocenters. The lowest BCUT2D eigenvalue weighted by Gasteiger charge is -2.49. The molecule has 3 aliphatic rings. The van der Waals surface area contributed by atoms with E-state index in [1.807, 2.05) is 43.3 Å². The Morgan fingerprint density at radius 1 is 0.977 bits per heavy atom. The summed E-state index contributed by atoms with van der Waals surface area (Å²) in [5.41, 5.74) is 5.62. The van der Waals surface area contributed by atoms with Gasteiger partial charge in [0.2, 0.25) is 0 Å². The highest BCUT2D eigenvalue weighted by Crippen LogP contribution is 2.55. The van der Waals surface area contributed by atoms with Crippen LogP contribution in [0.15, 0.2) is 63.4 Å². The Morgan fingerprint density at radius 3 is 2.09 bits per heavy atom. The zero-order valence-electron chi connectivity index (χ0n) is 26.2. The maximum Gasteiger partial charge on any atom is 0.262 e. The van der Waals surface area contributed by atoms with Gasteiger partial charge >= 0.3 is 0 Å². The van der Waals surface area contributed by atoms with Crippen LogP contribution >= 0.6 is 15.9 Å². The summed E-state index contributed by atoms with van der Waals surface area (Å²) >= 11 is 3.65. The highest BCUT2D eigenvalue weighted by Gasteiger charge is 2.48. The molecular formula is C35H41BrN2O5. The molecule has 0 fully saturated rings. The maximum absolute atomic E-state index is 13.9. The van der Waals surface area contributed by atoms with Crippen LogP contribution in [-0.4, -0.2) is 42.6 Å². The van der Waals surface area contributed by atoms with Crippen LogP contribution in [0.25, 0.3) is 0 Å². The standard InChI is InChI=1S/C35H41BrN2O5/c1-8-38-24-15-34(3,4)17-26(39)31(24)30(32-25(38)16-35(5,6)18-27(32)40)21-13-22(36)33(28(14-21)42-7)43-19-29(41)37-23-12-10-9-11-20(23)2/h9-14,30H,8,15-19H2,1-7H3,(H,37,41). The molecular weight excluding hydrogens is 608 g/mol. The molecule has 1 aliphatic heterocycles. The number of ether oxygens (including phenoxy) is 2. The third-order valence-corrected chi connectivity index (χ3v) is 9.28. The number of ketones is 2. The van der Waals surface area contributed by atoms with E-state index < -0.39 is 5.92 Å². The Morgan fingerprint density at radius 2 is 1.56 bits per heavy atom. The fourth-order valence-corrected chi connectivity index (χ4v) is 7.42. The molecule has 2 aromatic rings. The van der Waals surface area contributed by atoms with Crippen molar-refractivity contribution in [2.45, 2.75) is 73.1 Å². The third-order valence-electron chi connectivity index (χ3n) is 8.69. The minimum absolute atomic E-state index is 0.0853. The molecule has 43 heavy (non-hydrogen) atoms. The van der Waals surface area contributed by atoms with Crippen LogP contribution in [0.1, 0.15) is 77.3 Å². The molecule has 0 spiro atoms. The number of amides is 1. The smallest absolute Gasteiger partial charge is 0.262 e. The van der Waals surface area contributed by atoms with Crippen molar-refractivity contribution in [1.29, 1.82) is 0 Å². The number of hydrogen-bond acceptors (Lipinski definition) is 6. The van der Waals surface area contributed by atoms with Crippen LogP contribution in [0, 0.1) is 17.8 Å². The summed E-state index contributed by atoms with van der Waals surface area (Å²) in [5, 5.41) is 2.88. The number of benzene rings is 2. The molecule has 1 N–H and O–H groups in total. The van der Waals surface area contributed by atoms with Gasteiger partial charge in [0.15, 0.2) is 29.7 Å². The topological polar surface area (TPSA) is 84.9 Å². The molecule has 8 heteroatoms. The van der Waals surface area contributed by atoms with Gasteiger partial charge in [-0.25, -0.2) is 0 Å². The van der Waals surface area contributed by atoms with E-state index in [1.165, 1.54) is 0 Å². The molecule has 2 aromatic carbocycles. The molecule has 5 rings (SSSR count). The Labute approximate surface area is 262 Å². The number of carbonyl (C=O) groups is 3. The molecule has 7 nitrogen and oxygen atoms in total. The minimum atomic E-state index is -0.497. The average Bonchev–Trinajstić information content (AvgIpc) is 2.91. The predicted octanol–water partition coefficient (Wildman–Crippen LogP) is 7.49. The molecule has 2 aliphatic carbocycles. The number of para-hydroxylation sites is 1. The normalized spacial score (nSPS) is 19.7. The van der Waals surface area contributed by atoms with Crippen LogP contribution < -0.4 is 14.8 Å². The first-order chi connectivity index (χ1) is 20.2. The molecule has 0 radical (unpaired) electrons. The number of aryl methyl sites for hydroxylation is 1. The van der Waals surface area contributed by atoms with Crippen molar-refractivity contribution in [3.63, 3.8) is 0 Å². The van der Waals surface area contributed by atoms with Crippen molar-refractivity contribution in [3.8, 4) is 11.5 Å². The zero-order valence-corrected chi connectivity index (χ0v) is 27.7. The highest BCUT2D eigenvalue weighted by atomic mass is 79.9. The fraction of sp³-hybridized carbons (Fsp3) is 0.457. The Balaban J connectivity index is 1.56. The molecule has 0 saturated carbocycles. The van der Waals surface area contributed by atoms with E-state index in [2.05, 4.69) is 60.8 Å². The molecule has 228 valence electrons. The lowest BCUT2D eigenvalue weighted by atomic mass is 9.63. The second kappa shape index (κ2) is 11.6. The molecule has 1 heterocycles. The first-order valence-electron chi connectivity index (χ1n) is 14.9. The quantitative estimate of drug-likeness (QED) is 0.335. The lowest BCUT2D eigenvalue weighted by Crippen LogP contribution is -2.44. The molecule has 0 atom stereocenters. The second-order valence-corrected chi connectivity index (χ2v) is 14.3. The summed E-state index contributed by atoms with van der Waals surface area (Å²) in [6.45, 7) is 13.0. The number of allylic oxidation sites excluding steroid dienone is 4. The molecule has 0 saturated heterocycles. The van der Waals surface area contributed by atoms with E-state index in [0.29, 0.717) is 46.5 Å². The number of methoxy groups -OCH3 is 1. The number of carbonyl (C=O) groups excluding carboxylic acids is 3. The summed E-state index contributed by atoms with van der Waals surface area (Å²) in [6, 6.07) is 11.3. The van der Waals surface area contributed by atoms with Crippen molar-refractivity contribution in [2.75, 3.05) is 25.6 Å². The number of hydrogen-bond donors (Lipinski definition) is 1. The van der Waals surface area contributed by atoms with Gasteiger partial charge in [0.05, 0.1) is 11.6 Å². The summed E-state index contributed by atoms with van der Waals surface area (Å²) in [5.74, 6) is 0.179. The van der Waals surface area contributed by atoms with Crippen molar-refractivity contribution < 1.29 is 23.9 Å². The van der Waals surface area contributed by atoms with Crippen LogP contribution in [0.3, 0.4) is 0 Å². The van der Waals surface area contributed by atoms with Gasteiger partial charge in [-0.1, -0.05) is 45.9 Å². The van der Waals surface area contributed by atoms with E-state index in [9.17, 15) is 14.4 Å². The zero-order chi connectivity index (χ0) is 31.3. The molecule has 1 amide bonds. The SMILES string of the molecule is CCN1C2=C(C(=O)CC(C)(C)C2)C(c2cc(Br)c(OCC(=O)Nc3ccccc3C)c(OC)c2)C2=C1CC(C)(C)CC2=O. The average molecular weight is 650 g/mol. The van der Waals surface area contributed by atoms with Crippen LogP contribution in [-0.2, 0) is 14.4 Å². The maximum atomic E-state index is 13.9. The van der Waals surface area contributed by atoms with Crippen LogP contribution in [0.2, 0.25) is 0 Å². The van der Waals surface area contributed by atoms with Crippen molar-refractivity contribution >= 4 is 39.1 Å². The van der Waals surface area contributed by atoms with Gasteiger partial charge < -0.3 is 19.7 Å². The van der Waals surface area contributed by atoms with E-state index in [4.69, 9.17) is 9.47 Å². The van der Waals surface area contributed by atoms with Gasteiger partial charge in [-0.05, 0) is 82.8 Å². The van der Waals surface area contributed by atoms with E-state index >= 15 is 0 Å². The minimum Gasteiger partial charge on any atom is -0.493 e. The van der Waals surface area contributed by atoms with E-state index in [0.717, 1.165) is 41.1 Å². The number of nitrogens with zero attached hydrogens (tertiary/aromatic N) is 1. The monoisotopic (exact) mass is 648 g/mol. The summed E-state index contributed by atoms with van der Waals surface area (Å²) in [7, 11) is 1.55. The highest BCUT2D eigenvalue weighted by molar-refractivity contribution is 9.10. The lowest BCUT2D eigenvalue weighted by molar-refractivity contribution is -0.120. The number of anilines is 1. The van der Waals surface area contributed by atoms with E-state index in [1.54, 1.807) is 7.11 Å². The first-order valence-corrected chi connectivity index (χ1v) is 15.7. The molecule has 0 bridgehead atoms. The summed E-state index contributed by atoms with van der Waals surface area (Å²) in [6.07, 6.45) is 2.38. The van der Waals surface area contributed by atoms with Crippen molar-refractivity contribution in [3.05, 3.63) is 74.5 Å².